The van der Waals surface area contributed by atoms with Gasteiger partial charge in [-0.25, -0.2) is 43.3 Å². The SMILES string of the molecule is CC(C)(C)OC(=O)N[C@H]1CCN(c2cnc3c(I)cn(COCC[Si](C)(C)C)c3n2)C[C@H]1F.Cn1cnc2ccc(-c3cn(COCC[Si](C)(C)C)c4nc(N5CC[C@H](NC(=O)OC(C)(C)C)[C@H](F)C5)cnc34)c(Cl)c21. The minimum absolute atomic E-state index is 0.0733. The zero-order valence-corrected chi connectivity index (χ0v) is 51.2. The number of hydrogen-bond donors (Lipinski definition) is 2. The Hall–Kier alpha value is -4.70. The molecule has 0 aliphatic carbocycles. The molecule has 0 saturated carbocycles. The number of nitrogens with zero attached hydrogens (tertiary/aromatic N) is 10. The van der Waals surface area contributed by atoms with E-state index < -0.39 is 64.0 Å². The first-order valence-corrected chi connectivity index (χ1v) is 34.8. The number of halogens is 4. The number of hydrogen-bond acceptors (Lipinski definition) is 13. The van der Waals surface area contributed by atoms with Gasteiger partial charge in [-0.05, 0) is 95.1 Å². The molecule has 2 fully saturated rings. The van der Waals surface area contributed by atoms with E-state index >= 15 is 4.39 Å². The van der Waals surface area contributed by atoms with Gasteiger partial charge in [0.1, 0.15) is 59.7 Å². The maximum Gasteiger partial charge on any atom is 0.407 e. The summed E-state index contributed by atoms with van der Waals surface area (Å²) in [5, 5.41) is 5.93. The monoisotopic (exact) mass is 1220 g/mol. The second kappa shape index (κ2) is 24.1. The lowest BCUT2D eigenvalue weighted by Gasteiger charge is -2.35. The van der Waals surface area contributed by atoms with Crippen molar-refractivity contribution in [1.82, 2.24) is 49.3 Å². The average molecular weight is 1220 g/mol. The summed E-state index contributed by atoms with van der Waals surface area (Å²) in [6, 6.07) is 4.82. The van der Waals surface area contributed by atoms with Crippen molar-refractivity contribution in [3.8, 4) is 11.1 Å². The van der Waals surface area contributed by atoms with E-state index in [0.717, 1.165) is 55.6 Å². The van der Waals surface area contributed by atoms with Crippen LogP contribution in [0.2, 0.25) is 56.4 Å². The molecule has 0 bridgehead atoms. The van der Waals surface area contributed by atoms with Crippen molar-refractivity contribution < 1.29 is 37.3 Å². The number of carbonyl (C=O) groups is 2. The number of aryl methyl sites for hydroxylation is 1. The van der Waals surface area contributed by atoms with E-state index in [4.69, 9.17) is 45.5 Å². The summed E-state index contributed by atoms with van der Waals surface area (Å²) in [4.78, 5) is 51.6. The molecule has 18 nitrogen and oxygen atoms in total. The molecule has 1 aromatic carbocycles. The molecular weight excluding hydrogens is 1150 g/mol. The number of anilines is 2. The lowest BCUT2D eigenvalue weighted by Crippen LogP contribution is -2.53. The molecule has 0 unspecified atom stereocenters. The minimum Gasteiger partial charge on any atom is -0.444 e. The van der Waals surface area contributed by atoms with Crippen molar-refractivity contribution in [3.05, 3.63) is 51.8 Å². The lowest BCUT2D eigenvalue weighted by atomic mass is 10.0. The van der Waals surface area contributed by atoms with Gasteiger partial charge in [0, 0.05) is 73.0 Å². The van der Waals surface area contributed by atoms with Gasteiger partial charge in [0.25, 0.3) is 0 Å². The highest BCUT2D eigenvalue weighted by atomic mass is 127. The number of nitrogens with one attached hydrogen (secondary N) is 2. The molecule has 76 heavy (non-hydrogen) atoms. The van der Waals surface area contributed by atoms with E-state index in [1.165, 1.54) is 0 Å². The summed E-state index contributed by atoms with van der Waals surface area (Å²) >= 11 is 9.18. The highest BCUT2D eigenvalue weighted by molar-refractivity contribution is 14.1. The molecule has 2 amide bonds. The number of aromatic nitrogens is 8. The second-order valence-corrected chi connectivity index (χ2v) is 36.9. The van der Waals surface area contributed by atoms with Crippen molar-refractivity contribution in [2.24, 2.45) is 7.05 Å². The summed E-state index contributed by atoms with van der Waals surface area (Å²) in [5.41, 5.74) is 4.89. The Labute approximate surface area is 465 Å². The van der Waals surface area contributed by atoms with Gasteiger partial charge in [0.05, 0.1) is 63.5 Å². The predicted molar refractivity (Wildman–Crippen MR) is 310 cm³/mol. The number of rotatable bonds is 15. The van der Waals surface area contributed by atoms with E-state index in [1.807, 2.05) is 55.1 Å². The number of fused-ring (bicyclic) bond motifs is 3. The quantitative estimate of drug-likeness (QED) is 0.0564. The van der Waals surface area contributed by atoms with Gasteiger partial charge in [-0.1, -0.05) is 56.9 Å². The summed E-state index contributed by atoms with van der Waals surface area (Å²) in [6.45, 7) is 28.0. The molecular formula is C52H76ClF2IN12O6Si2. The van der Waals surface area contributed by atoms with Gasteiger partial charge in [-0.3, -0.25) is 0 Å². The van der Waals surface area contributed by atoms with E-state index in [0.29, 0.717) is 73.8 Å². The maximum atomic E-state index is 15.3. The molecule has 0 spiro atoms. The molecule has 2 aliphatic rings. The number of alkyl halides is 2. The van der Waals surface area contributed by atoms with Crippen molar-refractivity contribution in [2.75, 3.05) is 49.2 Å². The van der Waals surface area contributed by atoms with E-state index in [1.54, 1.807) is 60.3 Å². The first kappa shape index (κ1) is 59.0. The Kier molecular flexibility index (Phi) is 18.7. The molecule has 4 atom stereocenters. The fraction of sp³-hybridized carbons (Fsp3) is 0.596. The van der Waals surface area contributed by atoms with Crippen LogP contribution in [0.3, 0.4) is 0 Å². The predicted octanol–water partition coefficient (Wildman–Crippen LogP) is 11.2. The molecule has 6 aromatic rings. The molecule has 7 heterocycles. The van der Waals surface area contributed by atoms with Gasteiger partial charge in [-0.15, -0.1) is 0 Å². The van der Waals surface area contributed by atoms with Crippen LogP contribution in [0.25, 0.3) is 44.5 Å². The highest BCUT2D eigenvalue weighted by Crippen LogP contribution is 2.38. The van der Waals surface area contributed by atoms with Crippen LogP contribution in [0.5, 0.6) is 0 Å². The van der Waals surface area contributed by atoms with Gasteiger partial charge in [0.15, 0.2) is 11.3 Å². The standard InChI is InChI=1S/C30H41ClFN7O3Si.C22H35FIN5O3Si/c1-30(2,3)42-29(40)35-22-10-11-38(16-21(22)32)24-14-33-26-20(19-8-9-23-27(25(19)31)37(4)17-34-23)15-39(28(26)36-24)18-41-12-13-43(5,6)7;1-22(2,3)32-21(30)26-17-7-8-28(12-15(17)23)18-11-25-19-16(24)13-29(20(19)27-18)14-31-9-10-33(4,5)6/h8-9,14-15,17,21-22H,10-13,16,18H2,1-7H3,(H,35,40);11,13,15,17H,7-10,12,14H2,1-6H3,(H,26,30)/t21-,22+;15-,17+/m11/s1. The van der Waals surface area contributed by atoms with Crippen LogP contribution in [0, 0.1) is 3.57 Å². The Morgan fingerprint density at radius 3 is 1.67 bits per heavy atom. The first-order valence-electron chi connectivity index (χ1n) is 25.9. The topological polar surface area (TPSA) is 181 Å². The number of piperidine rings is 2. The number of imidazole rings is 1. The Bertz CT molecular complexity index is 2990. The van der Waals surface area contributed by atoms with Gasteiger partial charge >= 0.3 is 12.2 Å². The lowest BCUT2D eigenvalue weighted by molar-refractivity contribution is 0.0453. The fourth-order valence-corrected chi connectivity index (χ4v) is 11.3. The van der Waals surface area contributed by atoms with E-state index in [9.17, 15) is 14.0 Å². The van der Waals surface area contributed by atoms with Crippen molar-refractivity contribution in [2.45, 2.75) is 155 Å². The fourth-order valence-electron chi connectivity index (χ4n) is 8.70. The normalized spacial score (nSPS) is 18.8. The van der Waals surface area contributed by atoms with E-state index in [-0.39, 0.29) is 13.1 Å². The third kappa shape index (κ3) is 15.7. The minimum atomic E-state index is -1.30. The molecule has 5 aromatic heterocycles. The summed E-state index contributed by atoms with van der Waals surface area (Å²) in [6.07, 6.45) is 6.19. The number of benzene rings is 1. The highest BCUT2D eigenvalue weighted by Gasteiger charge is 2.35. The zero-order chi connectivity index (χ0) is 55.5. The summed E-state index contributed by atoms with van der Waals surface area (Å²) in [5.74, 6) is 1.19. The largest absolute Gasteiger partial charge is 0.444 e. The Morgan fingerprint density at radius 2 is 1.20 bits per heavy atom. The zero-order valence-electron chi connectivity index (χ0n) is 46.3. The number of carbonyl (C=O) groups excluding carboxylic acids is 2. The molecule has 2 saturated heterocycles. The second-order valence-electron chi connectivity index (χ2n) is 24.1. The molecule has 416 valence electrons. The number of ether oxygens (including phenoxy) is 4. The van der Waals surface area contributed by atoms with Gasteiger partial charge < -0.3 is 53.1 Å². The summed E-state index contributed by atoms with van der Waals surface area (Å²) in [7, 11) is -0.495. The Balaban J connectivity index is 0.000000229. The summed E-state index contributed by atoms with van der Waals surface area (Å²) < 4.78 is 59.6. The third-order valence-electron chi connectivity index (χ3n) is 12.8. The van der Waals surface area contributed by atoms with Crippen LogP contribution in [0.4, 0.5) is 30.0 Å². The van der Waals surface area contributed by atoms with Crippen molar-refractivity contribution in [1.29, 1.82) is 0 Å². The number of alkyl carbamates (subject to hydrolysis) is 2. The molecule has 2 aliphatic heterocycles. The average Bonchev–Trinajstić information content (AvgIpc) is 3.98. The van der Waals surface area contributed by atoms with Crippen molar-refractivity contribution in [3.63, 3.8) is 0 Å². The smallest absolute Gasteiger partial charge is 0.407 e. The molecule has 2 N–H and O–H groups in total. The van der Waals surface area contributed by atoms with Gasteiger partial charge in [0.2, 0.25) is 0 Å². The molecule has 8 rings (SSSR count). The van der Waals surface area contributed by atoms with Crippen LogP contribution in [0.15, 0.2) is 43.2 Å². The maximum absolute atomic E-state index is 15.3. The Morgan fingerprint density at radius 1 is 0.724 bits per heavy atom. The first-order chi connectivity index (χ1) is 35.5. The molecule has 0 radical (unpaired) electrons. The van der Waals surface area contributed by atoms with E-state index in [2.05, 4.69) is 82.5 Å². The third-order valence-corrected chi connectivity index (χ3v) is 17.3. The van der Waals surface area contributed by atoms with Crippen LogP contribution in [0.1, 0.15) is 54.4 Å². The van der Waals surface area contributed by atoms with Gasteiger partial charge in [-0.2, -0.15) is 0 Å². The van der Waals surface area contributed by atoms with Crippen LogP contribution in [-0.4, -0.2) is 142 Å². The van der Waals surface area contributed by atoms with Crippen molar-refractivity contribution >= 4 is 108 Å². The van der Waals surface area contributed by atoms with Crippen LogP contribution < -0.4 is 20.4 Å². The molecule has 24 heteroatoms. The van der Waals surface area contributed by atoms with Crippen LogP contribution >= 0.6 is 34.2 Å². The number of amides is 2. The van der Waals surface area contributed by atoms with Crippen LogP contribution in [-0.2, 0) is 39.5 Å².